The molecule has 7 nitrogen and oxygen atoms in total. The monoisotopic (exact) mass is 559 g/mol. The molecule has 1 unspecified atom stereocenters. The number of benzene rings is 1. The summed E-state index contributed by atoms with van der Waals surface area (Å²) < 4.78 is 16.3. The van der Waals surface area contributed by atoms with Crippen molar-refractivity contribution in [2.45, 2.75) is 56.9 Å². The van der Waals surface area contributed by atoms with E-state index in [1.54, 1.807) is 18.5 Å². The van der Waals surface area contributed by atoms with Crippen molar-refractivity contribution in [3.63, 3.8) is 0 Å². The van der Waals surface area contributed by atoms with Gasteiger partial charge in [-0.05, 0) is 62.6 Å². The van der Waals surface area contributed by atoms with Crippen molar-refractivity contribution in [3.05, 3.63) is 81.5 Å². The van der Waals surface area contributed by atoms with Gasteiger partial charge < -0.3 is 10.0 Å². The number of fused-ring (bicyclic) bond motifs is 1. The number of piperidine rings is 1. The molecular formula is C27H31Cl2N5O2S. The first-order valence-corrected chi connectivity index (χ1v) is 14.3. The molecule has 0 radical (unpaired) electrons. The van der Waals surface area contributed by atoms with Crippen LogP contribution >= 0.6 is 23.2 Å². The van der Waals surface area contributed by atoms with Crippen molar-refractivity contribution < 1.29 is 9.32 Å². The number of nitrogens with zero attached hydrogens (tertiary/aromatic N) is 4. The van der Waals surface area contributed by atoms with Crippen LogP contribution in [0.2, 0.25) is 10.2 Å². The summed E-state index contributed by atoms with van der Waals surface area (Å²) >= 11 is 12.2. The fraction of sp³-hybridized carbons (Fsp3) is 0.444. The predicted molar refractivity (Wildman–Crippen MR) is 148 cm³/mol. The maximum atomic E-state index is 13.1. The molecule has 3 aromatic rings. The molecule has 1 saturated heterocycles. The van der Waals surface area contributed by atoms with Gasteiger partial charge in [0.2, 0.25) is 0 Å². The minimum atomic E-state index is -1.16. The molecule has 37 heavy (non-hydrogen) atoms. The largest absolute Gasteiger partial charge is 0.382 e. The van der Waals surface area contributed by atoms with Crippen LogP contribution in [0.25, 0.3) is 0 Å². The van der Waals surface area contributed by atoms with Gasteiger partial charge in [-0.3, -0.25) is 4.98 Å². The Morgan fingerprint density at radius 2 is 1.84 bits per heavy atom. The molecule has 0 saturated carbocycles. The Balaban J connectivity index is 1.31. The number of pyridine rings is 1. The van der Waals surface area contributed by atoms with Gasteiger partial charge in [-0.25, -0.2) is 18.9 Å². The van der Waals surface area contributed by atoms with E-state index >= 15 is 0 Å². The Morgan fingerprint density at radius 3 is 2.51 bits per heavy atom. The van der Waals surface area contributed by atoms with E-state index in [9.17, 15) is 9.32 Å². The molecule has 1 aliphatic carbocycles. The van der Waals surface area contributed by atoms with Gasteiger partial charge in [-0.1, -0.05) is 47.5 Å². The Bertz CT molecular complexity index is 1310. The number of nitrogens with one attached hydrogen (secondary N) is 1. The van der Waals surface area contributed by atoms with Crippen LogP contribution in [-0.2, 0) is 17.4 Å². The first kappa shape index (κ1) is 26.5. The van der Waals surface area contributed by atoms with Crippen LogP contribution in [0.5, 0.6) is 0 Å². The molecule has 196 valence electrons. The highest BCUT2D eigenvalue weighted by molar-refractivity contribution is 7.84. The lowest BCUT2D eigenvalue weighted by Gasteiger charge is -2.44. The highest BCUT2D eigenvalue weighted by Gasteiger charge is 2.48. The van der Waals surface area contributed by atoms with E-state index in [2.05, 4.69) is 48.8 Å². The van der Waals surface area contributed by atoms with E-state index in [1.165, 1.54) is 17.3 Å². The van der Waals surface area contributed by atoms with Crippen molar-refractivity contribution in [3.8, 4) is 0 Å². The van der Waals surface area contributed by atoms with Gasteiger partial charge in [0.05, 0.1) is 44.9 Å². The van der Waals surface area contributed by atoms with E-state index in [4.69, 9.17) is 23.2 Å². The molecule has 10 heteroatoms. The van der Waals surface area contributed by atoms with Crippen LogP contribution in [0, 0.1) is 5.41 Å². The average Bonchev–Trinajstić information content (AvgIpc) is 3.17. The SMILES string of the molecule is CC(C)(C)[S@@](=O)N[C@@H]1c2ccccc2CC12CCN(c1cnc(C(O)c3ccnc(Cl)c3Cl)cn1)CC2. The third-order valence-electron chi connectivity index (χ3n) is 7.49. The van der Waals surface area contributed by atoms with E-state index in [0.29, 0.717) is 11.3 Å². The molecular weight excluding hydrogens is 529 g/mol. The number of anilines is 1. The highest BCUT2D eigenvalue weighted by Crippen LogP contribution is 2.52. The molecule has 1 fully saturated rings. The van der Waals surface area contributed by atoms with Crippen LogP contribution in [-0.4, -0.2) is 42.1 Å². The van der Waals surface area contributed by atoms with Crippen molar-refractivity contribution in [2.24, 2.45) is 5.41 Å². The fourth-order valence-corrected chi connectivity index (χ4v) is 6.67. The van der Waals surface area contributed by atoms with Gasteiger partial charge in [-0.2, -0.15) is 0 Å². The number of rotatable bonds is 5. The normalized spacial score (nSPS) is 20.6. The summed E-state index contributed by atoms with van der Waals surface area (Å²) in [5, 5.41) is 11.1. The van der Waals surface area contributed by atoms with Gasteiger partial charge in [0.15, 0.2) is 0 Å². The molecule has 3 heterocycles. The zero-order chi connectivity index (χ0) is 26.4. The van der Waals surface area contributed by atoms with Crippen molar-refractivity contribution in [1.29, 1.82) is 0 Å². The van der Waals surface area contributed by atoms with Crippen molar-refractivity contribution >= 4 is 40.0 Å². The minimum Gasteiger partial charge on any atom is -0.382 e. The van der Waals surface area contributed by atoms with Crippen LogP contribution in [0.4, 0.5) is 5.82 Å². The second kappa shape index (κ2) is 10.2. The number of aliphatic hydroxyl groups is 1. The molecule has 5 rings (SSSR count). The van der Waals surface area contributed by atoms with Gasteiger partial charge in [0.1, 0.15) is 17.1 Å². The quantitative estimate of drug-likeness (QED) is 0.417. The molecule has 0 bridgehead atoms. The maximum Gasteiger partial charge on any atom is 0.147 e. The highest BCUT2D eigenvalue weighted by atomic mass is 35.5. The standard InChI is InChI=1S/C27H31Cl2N5O2S/c1-26(2,3)37(36)33-24-18-7-5-4-6-17(18)14-27(24)9-12-34(13-10-27)21-16-31-20(15-32-21)23(35)19-8-11-30-25(29)22(19)28/h4-8,11,15-16,23-24,33,35H,9-10,12-14H2,1-3H3/t23?,24-,37-/m1/s1. The Kier molecular flexibility index (Phi) is 7.33. The van der Waals surface area contributed by atoms with Crippen LogP contribution in [0.15, 0.2) is 48.9 Å². The lowest BCUT2D eigenvalue weighted by atomic mass is 9.73. The van der Waals surface area contributed by atoms with Gasteiger partial charge in [-0.15, -0.1) is 0 Å². The fourth-order valence-electron chi connectivity index (χ4n) is 5.35. The Labute approximate surface area is 230 Å². The van der Waals surface area contributed by atoms with E-state index in [0.717, 1.165) is 38.2 Å². The number of halogens is 2. The second-order valence-electron chi connectivity index (χ2n) is 10.9. The third kappa shape index (κ3) is 5.14. The summed E-state index contributed by atoms with van der Waals surface area (Å²) in [7, 11) is -1.16. The molecule has 1 aliphatic heterocycles. The molecule has 0 amide bonds. The summed E-state index contributed by atoms with van der Waals surface area (Å²) in [5.74, 6) is 0.767. The van der Waals surface area contributed by atoms with Crippen LogP contribution in [0.3, 0.4) is 0 Å². The van der Waals surface area contributed by atoms with Crippen LogP contribution < -0.4 is 9.62 Å². The summed E-state index contributed by atoms with van der Waals surface area (Å²) in [5.41, 5.74) is 3.44. The molecule has 2 aliphatic rings. The zero-order valence-electron chi connectivity index (χ0n) is 21.1. The second-order valence-corrected chi connectivity index (χ2v) is 13.6. The smallest absolute Gasteiger partial charge is 0.147 e. The first-order chi connectivity index (χ1) is 17.6. The third-order valence-corrected chi connectivity index (χ3v) is 9.84. The number of aromatic nitrogens is 3. The molecule has 3 atom stereocenters. The topological polar surface area (TPSA) is 91.2 Å². The molecule has 1 aromatic carbocycles. The van der Waals surface area contributed by atoms with Crippen molar-refractivity contribution in [2.75, 3.05) is 18.0 Å². The van der Waals surface area contributed by atoms with Gasteiger partial charge in [0, 0.05) is 24.8 Å². The summed E-state index contributed by atoms with van der Waals surface area (Å²) in [6.45, 7) is 7.64. The molecule has 1 spiro atoms. The Hall–Kier alpha value is -2.10. The molecule has 2 N–H and O–H groups in total. The number of hydrogen-bond acceptors (Lipinski definition) is 6. The number of aliphatic hydroxyl groups excluding tert-OH is 1. The Morgan fingerprint density at radius 1 is 1.11 bits per heavy atom. The lowest BCUT2D eigenvalue weighted by Crippen LogP contribution is -2.48. The molecule has 2 aromatic heterocycles. The van der Waals surface area contributed by atoms with Gasteiger partial charge >= 0.3 is 0 Å². The maximum absolute atomic E-state index is 13.1. The average molecular weight is 561 g/mol. The summed E-state index contributed by atoms with van der Waals surface area (Å²) in [6, 6.07) is 10.2. The van der Waals surface area contributed by atoms with Crippen LogP contribution in [0.1, 0.15) is 68.1 Å². The summed E-state index contributed by atoms with van der Waals surface area (Å²) in [4.78, 5) is 15.2. The van der Waals surface area contributed by atoms with Gasteiger partial charge in [0.25, 0.3) is 0 Å². The first-order valence-electron chi connectivity index (χ1n) is 12.4. The van der Waals surface area contributed by atoms with E-state index in [-0.39, 0.29) is 26.4 Å². The van der Waals surface area contributed by atoms with Crippen molar-refractivity contribution in [1.82, 2.24) is 19.7 Å². The van der Waals surface area contributed by atoms with E-state index < -0.39 is 17.1 Å². The van der Waals surface area contributed by atoms with E-state index in [1.807, 2.05) is 20.8 Å². The summed E-state index contributed by atoms with van der Waals surface area (Å²) in [6.07, 6.45) is 6.58. The predicted octanol–water partition coefficient (Wildman–Crippen LogP) is 5.20. The lowest BCUT2D eigenvalue weighted by molar-refractivity contribution is 0.177. The zero-order valence-corrected chi connectivity index (χ0v) is 23.4. The number of hydrogen-bond donors (Lipinski definition) is 2. The minimum absolute atomic E-state index is 0.00201.